The highest BCUT2D eigenvalue weighted by atomic mass is 19.3. The molecule has 0 saturated carbocycles. The lowest BCUT2D eigenvalue weighted by molar-refractivity contribution is -0.116. The van der Waals surface area contributed by atoms with Crippen molar-refractivity contribution in [1.29, 1.82) is 0 Å². The molecule has 1 amide bonds. The largest absolute Gasteiger partial charge is 0.493 e. The van der Waals surface area contributed by atoms with Crippen LogP contribution in [0.1, 0.15) is 35.1 Å². The number of nitrogens with one attached hydrogen (secondary N) is 1. The van der Waals surface area contributed by atoms with Crippen LogP contribution < -0.4 is 14.8 Å². The van der Waals surface area contributed by atoms with Gasteiger partial charge in [-0.1, -0.05) is 36.9 Å². The molecule has 2 aromatic carbocycles. The number of methoxy groups -OCH3 is 1. The van der Waals surface area contributed by atoms with Crippen molar-refractivity contribution < 1.29 is 27.8 Å². The highest BCUT2D eigenvalue weighted by molar-refractivity contribution is 6.19. The minimum Gasteiger partial charge on any atom is -0.493 e. The maximum Gasteiger partial charge on any atom is 0.386 e. The quantitative estimate of drug-likeness (QED) is 0.291. The van der Waals surface area contributed by atoms with E-state index >= 15 is 0 Å². The van der Waals surface area contributed by atoms with Crippen molar-refractivity contribution in [2.45, 2.75) is 38.7 Å². The second-order valence-electron chi connectivity index (χ2n) is 7.71. The van der Waals surface area contributed by atoms with Crippen molar-refractivity contribution in [2.24, 2.45) is 0 Å². The van der Waals surface area contributed by atoms with Crippen molar-refractivity contribution in [3.63, 3.8) is 0 Å². The molecule has 0 spiro atoms. The molecule has 176 valence electrons. The molecule has 0 bridgehead atoms. The number of rotatable bonds is 11. The SMILES string of the molecule is C=CCOc1ccc(CCNC(=O)C(=COC(F)F)c2ccc3c(c2)CCCC3)cc1OC. The molecule has 1 aliphatic rings. The number of benzene rings is 2. The summed E-state index contributed by atoms with van der Waals surface area (Å²) in [5, 5.41) is 2.80. The maximum absolute atomic E-state index is 12.9. The molecule has 33 heavy (non-hydrogen) atoms. The summed E-state index contributed by atoms with van der Waals surface area (Å²) >= 11 is 0. The number of halogens is 2. The van der Waals surface area contributed by atoms with Crippen LogP contribution in [0.25, 0.3) is 5.57 Å². The Hall–Kier alpha value is -3.35. The van der Waals surface area contributed by atoms with Gasteiger partial charge >= 0.3 is 6.61 Å². The van der Waals surface area contributed by atoms with E-state index in [4.69, 9.17) is 9.47 Å². The summed E-state index contributed by atoms with van der Waals surface area (Å²) in [4.78, 5) is 12.9. The molecule has 0 aromatic heterocycles. The van der Waals surface area contributed by atoms with E-state index in [0.29, 0.717) is 36.6 Å². The predicted octanol–water partition coefficient (Wildman–Crippen LogP) is 5.08. The molecule has 1 aliphatic carbocycles. The fourth-order valence-electron chi connectivity index (χ4n) is 3.82. The van der Waals surface area contributed by atoms with Crippen LogP contribution in [0.5, 0.6) is 11.5 Å². The smallest absolute Gasteiger partial charge is 0.386 e. The fourth-order valence-corrected chi connectivity index (χ4v) is 3.82. The number of amides is 1. The third-order valence-corrected chi connectivity index (χ3v) is 5.48. The second kappa shape index (κ2) is 12.0. The predicted molar refractivity (Wildman–Crippen MR) is 124 cm³/mol. The van der Waals surface area contributed by atoms with Gasteiger partial charge in [0.2, 0.25) is 0 Å². The second-order valence-corrected chi connectivity index (χ2v) is 7.71. The van der Waals surface area contributed by atoms with Crippen LogP contribution in [-0.2, 0) is 28.8 Å². The van der Waals surface area contributed by atoms with E-state index < -0.39 is 12.5 Å². The highest BCUT2D eigenvalue weighted by Crippen LogP contribution is 2.28. The van der Waals surface area contributed by atoms with Crippen molar-refractivity contribution in [1.82, 2.24) is 5.32 Å². The van der Waals surface area contributed by atoms with Gasteiger partial charge in [-0.3, -0.25) is 4.79 Å². The average molecular weight is 458 g/mol. The first kappa shape index (κ1) is 24.3. The molecule has 0 heterocycles. The highest BCUT2D eigenvalue weighted by Gasteiger charge is 2.17. The van der Waals surface area contributed by atoms with E-state index in [1.807, 2.05) is 24.3 Å². The van der Waals surface area contributed by atoms with Crippen LogP contribution in [0, 0.1) is 0 Å². The molecular weight excluding hydrogens is 428 g/mol. The van der Waals surface area contributed by atoms with Crippen molar-refractivity contribution in [2.75, 3.05) is 20.3 Å². The van der Waals surface area contributed by atoms with Crippen molar-refractivity contribution >= 4 is 11.5 Å². The summed E-state index contributed by atoms with van der Waals surface area (Å²) in [7, 11) is 1.56. The normalized spacial score (nSPS) is 13.3. The molecule has 5 nitrogen and oxygen atoms in total. The molecule has 0 saturated heterocycles. The van der Waals surface area contributed by atoms with Crippen LogP contribution in [0.2, 0.25) is 0 Å². The van der Waals surface area contributed by atoms with Gasteiger partial charge in [-0.05, 0) is 66.5 Å². The number of carbonyl (C=O) groups excluding carboxylic acids is 1. The van der Waals surface area contributed by atoms with Crippen LogP contribution in [0.3, 0.4) is 0 Å². The summed E-state index contributed by atoms with van der Waals surface area (Å²) in [5.74, 6) is 0.719. The number of aryl methyl sites for hydroxylation is 2. The Morgan fingerprint density at radius 1 is 1.12 bits per heavy atom. The zero-order chi connectivity index (χ0) is 23.6. The lowest BCUT2D eigenvalue weighted by atomic mass is 9.89. The van der Waals surface area contributed by atoms with E-state index in [1.54, 1.807) is 25.3 Å². The first-order chi connectivity index (χ1) is 16.0. The summed E-state index contributed by atoms with van der Waals surface area (Å²) in [6, 6.07) is 11.2. The van der Waals surface area contributed by atoms with Crippen molar-refractivity contribution in [3.8, 4) is 11.5 Å². The number of hydrogen-bond acceptors (Lipinski definition) is 4. The summed E-state index contributed by atoms with van der Waals surface area (Å²) < 4.78 is 40.6. The van der Waals surface area contributed by atoms with Gasteiger partial charge in [-0.15, -0.1) is 0 Å². The molecule has 2 aromatic rings. The summed E-state index contributed by atoms with van der Waals surface area (Å²) in [6.07, 6.45) is 7.15. The zero-order valence-corrected chi connectivity index (χ0v) is 18.7. The number of fused-ring (bicyclic) bond motifs is 1. The lowest BCUT2D eigenvalue weighted by Crippen LogP contribution is -2.27. The van der Waals surface area contributed by atoms with Gasteiger partial charge in [-0.25, -0.2) is 0 Å². The van der Waals surface area contributed by atoms with Gasteiger partial charge in [-0.2, -0.15) is 8.78 Å². The van der Waals surface area contributed by atoms with Crippen molar-refractivity contribution in [3.05, 3.63) is 77.6 Å². The molecule has 0 unspecified atom stereocenters. The summed E-state index contributed by atoms with van der Waals surface area (Å²) in [6.45, 7) is 1.30. The molecule has 0 fully saturated rings. The summed E-state index contributed by atoms with van der Waals surface area (Å²) in [5.41, 5.74) is 3.98. The minimum absolute atomic E-state index is 0.0782. The lowest BCUT2D eigenvalue weighted by Gasteiger charge is -2.17. The Balaban J connectivity index is 1.68. The third kappa shape index (κ3) is 6.81. The van der Waals surface area contributed by atoms with E-state index in [-0.39, 0.29) is 5.57 Å². The standard InChI is InChI=1S/C26H29F2NO4/c1-3-14-32-23-11-8-18(15-24(23)31-2)12-13-29-25(30)22(17-33-26(27)28)21-10-9-19-6-4-5-7-20(19)16-21/h3,8-11,15-17,26H,1,4-7,12-14H2,2H3,(H,29,30). The Morgan fingerprint density at radius 3 is 2.64 bits per heavy atom. The molecular formula is C26H29F2NO4. The molecule has 0 aliphatic heterocycles. The topological polar surface area (TPSA) is 56.8 Å². The fraction of sp³-hybridized carbons (Fsp3) is 0.346. The van der Waals surface area contributed by atoms with Gasteiger partial charge in [0.1, 0.15) is 12.9 Å². The van der Waals surface area contributed by atoms with Crippen LogP contribution in [-0.4, -0.2) is 32.8 Å². The monoisotopic (exact) mass is 457 g/mol. The van der Waals surface area contributed by atoms with Gasteiger partial charge in [0.05, 0.1) is 12.7 Å². The number of carbonyl (C=O) groups is 1. The molecule has 1 N–H and O–H groups in total. The Kier molecular flexibility index (Phi) is 8.87. The van der Waals surface area contributed by atoms with E-state index in [1.165, 1.54) is 5.56 Å². The Morgan fingerprint density at radius 2 is 1.91 bits per heavy atom. The zero-order valence-electron chi connectivity index (χ0n) is 18.7. The van der Waals surface area contributed by atoms with Crippen LogP contribution >= 0.6 is 0 Å². The number of hydrogen-bond donors (Lipinski definition) is 1. The Labute approximate surface area is 193 Å². The molecule has 7 heteroatoms. The minimum atomic E-state index is -3.00. The average Bonchev–Trinajstić information content (AvgIpc) is 2.83. The molecule has 0 atom stereocenters. The van der Waals surface area contributed by atoms with Gasteiger partial charge < -0.3 is 19.5 Å². The maximum atomic E-state index is 12.9. The first-order valence-corrected chi connectivity index (χ1v) is 11.0. The van der Waals surface area contributed by atoms with E-state index in [9.17, 15) is 13.6 Å². The number of alkyl halides is 2. The third-order valence-electron chi connectivity index (χ3n) is 5.48. The van der Waals surface area contributed by atoms with Gasteiger partial charge in [0.15, 0.2) is 11.5 Å². The molecule has 0 radical (unpaired) electrons. The first-order valence-electron chi connectivity index (χ1n) is 11.0. The van der Waals surface area contributed by atoms with Gasteiger partial charge in [0.25, 0.3) is 5.91 Å². The Bertz CT molecular complexity index is 1000. The number of ether oxygens (including phenoxy) is 3. The molecule has 3 rings (SSSR count). The van der Waals surface area contributed by atoms with Crippen LogP contribution in [0.4, 0.5) is 8.78 Å². The van der Waals surface area contributed by atoms with Crippen LogP contribution in [0.15, 0.2) is 55.3 Å². The van der Waals surface area contributed by atoms with Gasteiger partial charge in [0, 0.05) is 6.54 Å². The van der Waals surface area contributed by atoms with E-state index in [2.05, 4.69) is 16.6 Å². The van der Waals surface area contributed by atoms with E-state index in [0.717, 1.165) is 43.1 Å².